The van der Waals surface area contributed by atoms with E-state index in [1.165, 1.54) is 12.0 Å². The lowest BCUT2D eigenvalue weighted by Crippen LogP contribution is -2.13. The van der Waals surface area contributed by atoms with E-state index in [2.05, 4.69) is 35.3 Å². The SMILES string of the molecule is CCCNCc1ccn(C)c1. The Labute approximate surface area is 68.2 Å². The molecule has 2 heteroatoms. The monoisotopic (exact) mass is 152 g/mol. The lowest BCUT2D eigenvalue weighted by molar-refractivity contribution is 0.674. The highest BCUT2D eigenvalue weighted by atomic mass is 14.9. The predicted molar refractivity (Wildman–Crippen MR) is 47.4 cm³/mol. The Morgan fingerprint density at radius 1 is 1.55 bits per heavy atom. The van der Waals surface area contributed by atoms with E-state index < -0.39 is 0 Å². The quantitative estimate of drug-likeness (QED) is 0.647. The van der Waals surface area contributed by atoms with Crippen molar-refractivity contribution in [2.75, 3.05) is 6.54 Å². The third-order valence-corrected chi connectivity index (χ3v) is 1.65. The highest BCUT2D eigenvalue weighted by Gasteiger charge is 1.91. The molecule has 0 bridgehead atoms. The largest absolute Gasteiger partial charge is 0.357 e. The maximum absolute atomic E-state index is 3.35. The van der Waals surface area contributed by atoms with E-state index in [4.69, 9.17) is 0 Å². The van der Waals surface area contributed by atoms with Crippen LogP contribution in [0.5, 0.6) is 0 Å². The zero-order valence-electron chi connectivity index (χ0n) is 7.30. The Morgan fingerprint density at radius 2 is 2.36 bits per heavy atom. The summed E-state index contributed by atoms with van der Waals surface area (Å²) in [6.45, 7) is 4.28. The molecule has 0 unspecified atom stereocenters. The summed E-state index contributed by atoms with van der Waals surface area (Å²) in [7, 11) is 2.04. The fourth-order valence-electron chi connectivity index (χ4n) is 1.08. The highest BCUT2D eigenvalue weighted by molar-refractivity contribution is 5.09. The summed E-state index contributed by atoms with van der Waals surface area (Å²) in [6, 6.07) is 2.14. The second-order valence-corrected chi connectivity index (χ2v) is 2.86. The van der Waals surface area contributed by atoms with Crippen LogP contribution in [0.1, 0.15) is 18.9 Å². The normalized spacial score (nSPS) is 10.4. The summed E-state index contributed by atoms with van der Waals surface area (Å²) in [5, 5.41) is 3.35. The zero-order valence-corrected chi connectivity index (χ0v) is 7.30. The Balaban J connectivity index is 2.27. The van der Waals surface area contributed by atoms with Gasteiger partial charge in [-0.05, 0) is 24.6 Å². The van der Waals surface area contributed by atoms with Gasteiger partial charge < -0.3 is 9.88 Å². The first-order chi connectivity index (χ1) is 5.33. The molecule has 62 valence electrons. The van der Waals surface area contributed by atoms with E-state index in [1.54, 1.807) is 0 Å². The molecule has 0 aliphatic carbocycles. The Hall–Kier alpha value is -0.760. The average Bonchev–Trinajstić information content (AvgIpc) is 2.37. The Kier molecular flexibility index (Phi) is 3.17. The van der Waals surface area contributed by atoms with Crippen LogP contribution in [-0.4, -0.2) is 11.1 Å². The van der Waals surface area contributed by atoms with Crippen molar-refractivity contribution < 1.29 is 0 Å². The predicted octanol–water partition coefficient (Wildman–Crippen LogP) is 1.52. The first kappa shape index (κ1) is 8.34. The van der Waals surface area contributed by atoms with Crippen LogP contribution in [0.4, 0.5) is 0 Å². The van der Waals surface area contributed by atoms with Gasteiger partial charge in [0.2, 0.25) is 0 Å². The van der Waals surface area contributed by atoms with Gasteiger partial charge in [0.05, 0.1) is 0 Å². The third-order valence-electron chi connectivity index (χ3n) is 1.65. The molecule has 0 saturated carbocycles. The minimum atomic E-state index is 0.995. The van der Waals surface area contributed by atoms with Crippen LogP contribution in [0.15, 0.2) is 18.5 Å². The summed E-state index contributed by atoms with van der Waals surface area (Å²) in [5.74, 6) is 0. The average molecular weight is 152 g/mol. The molecule has 2 nitrogen and oxygen atoms in total. The highest BCUT2D eigenvalue weighted by Crippen LogP contribution is 1.97. The lowest BCUT2D eigenvalue weighted by atomic mass is 10.3. The number of aryl methyl sites for hydroxylation is 1. The molecule has 0 aliphatic rings. The van der Waals surface area contributed by atoms with E-state index in [1.807, 2.05) is 7.05 Å². The van der Waals surface area contributed by atoms with E-state index in [-0.39, 0.29) is 0 Å². The molecule has 0 spiro atoms. The molecule has 1 aromatic heterocycles. The van der Waals surface area contributed by atoms with Crippen molar-refractivity contribution in [2.45, 2.75) is 19.9 Å². The van der Waals surface area contributed by atoms with Crippen molar-refractivity contribution in [1.29, 1.82) is 0 Å². The van der Waals surface area contributed by atoms with Crippen LogP contribution in [0.3, 0.4) is 0 Å². The number of rotatable bonds is 4. The van der Waals surface area contributed by atoms with Gasteiger partial charge >= 0.3 is 0 Å². The van der Waals surface area contributed by atoms with Crippen molar-refractivity contribution in [3.05, 3.63) is 24.0 Å². The molecule has 11 heavy (non-hydrogen) atoms. The molecule has 1 rings (SSSR count). The molecular formula is C9H16N2. The van der Waals surface area contributed by atoms with Gasteiger partial charge in [0.15, 0.2) is 0 Å². The van der Waals surface area contributed by atoms with Gasteiger partial charge in [-0.1, -0.05) is 6.92 Å². The van der Waals surface area contributed by atoms with Crippen molar-refractivity contribution in [2.24, 2.45) is 7.05 Å². The van der Waals surface area contributed by atoms with Crippen LogP contribution in [0, 0.1) is 0 Å². The van der Waals surface area contributed by atoms with E-state index in [0.29, 0.717) is 0 Å². The number of nitrogens with zero attached hydrogens (tertiary/aromatic N) is 1. The first-order valence-corrected chi connectivity index (χ1v) is 4.14. The Morgan fingerprint density at radius 3 is 2.91 bits per heavy atom. The smallest absolute Gasteiger partial charge is 0.0220 e. The fraction of sp³-hybridized carbons (Fsp3) is 0.556. The van der Waals surface area contributed by atoms with Crippen LogP contribution in [-0.2, 0) is 13.6 Å². The minimum absolute atomic E-state index is 0.995. The van der Waals surface area contributed by atoms with Crippen LogP contribution >= 0.6 is 0 Å². The molecule has 0 aliphatic heterocycles. The van der Waals surface area contributed by atoms with Gasteiger partial charge in [0.25, 0.3) is 0 Å². The summed E-state index contributed by atoms with van der Waals surface area (Å²) < 4.78 is 2.07. The Bertz CT molecular complexity index is 203. The van der Waals surface area contributed by atoms with Crippen LogP contribution in [0.25, 0.3) is 0 Å². The second kappa shape index (κ2) is 4.19. The van der Waals surface area contributed by atoms with Gasteiger partial charge in [0.1, 0.15) is 0 Å². The number of aromatic nitrogens is 1. The topological polar surface area (TPSA) is 17.0 Å². The van der Waals surface area contributed by atoms with Gasteiger partial charge in [-0.2, -0.15) is 0 Å². The van der Waals surface area contributed by atoms with Crippen molar-refractivity contribution in [3.8, 4) is 0 Å². The fourth-order valence-corrected chi connectivity index (χ4v) is 1.08. The van der Waals surface area contributed by atoms with Crippen molar-refractivity contribution in [3.63, 3.8) is 0 Å². The third kappa shape index (κ3) is 2.76. The van der Waals surface area contributed by atoms with E-state index in [9.17, 15) is 0 Å². The molecule has 1 N–H and O–H groups in total. The summed E-state index contributed by atoms with van der Waals surface area (Å²) >= 11 is 0. The van der Waals surface area contributed by atoms with Gasteiger partial charge in [-0.15, -0.1) is 0 Å². The van der Waals surface area contributed by atoms with Gasteiger partial charge in [-0.25, -0.2) is 0 Å². The second-order valence-electron chi connectivity index (χ2n) is 2.86. The minimum Gasteiger partial charge on any atom is -0.357 e. The van der Waals surface area contributed by atoms with Crippen molar-refractivity contribution in [1.82, 2.24) is 9.88 Å². The molecule has 0 atom stereocenters. The molecule has 0 radical (unpaired) electrons. The maximum atomic E-state index is 3.35. The standard InChI is InChI=1S/C9H16N2/c1-3-5-10-7-9-4-6-11(2)8-9/h4,6,8,10H,3,5,7H2,1-2H3. The van der Waals surface area contributed by atoms with E-state index in [0.717, 1.165) is 13.1 Å². The molecular weight excluding hydrogens is 136 g/mol. The number of nitrogens with one attached hydrogen (secondary N) is 1. The molecule has 0 amide bonds. The van der Waals surface area contributed by atoms with Crippen LogP contribution in [0.2, 0.25) is 0 Å². The van der Waals surface area contributed by atoms with Crippen molar-refractivity contribution >= 4 is 0 Å². The van der Waals surface area contributed by atoms with E-state index >= 15 is 0 Å². The first-order valence-electron chi connectivity index (χ1n) is 4.14. The molecule has 0 aromatic carbocycles. The maximum Gasteiger partial charge on any atom is 0.0220 e. The van der Waals surface area contributed by atoms with Crippen LogP contribution < -0.4 is 5.32 Å². The molecule has 0 fully saturated rings. The summed E-state index contributed by atoms with van der Waals surface area (Å²) in [4.78, 5) is 0. The molecule has 1 heterocycles. The number of hydrogen-bond donors (Lipinski definition) is 1. The molecule has 1 aromatic rings. The number of hydrogen-bond acceptors (Lipinski definition) is 1. The molecule has 0 saturated heterocycles. The van der Waals surface area contributed by atoms with Gasteiger partial charge in [-0.3, -0.25) is 0 Å². The zero-order chi connectivity index (χ0) is 8.10. The lowest BCUT2D eigenvalue weighted by Gasteiger charge is -1.98. The summed E-state index contributed by atoms with van der Waals surface area (Å²) in [6.07, 6.45) is 5.42. The summed E-state index contributed by atoms with van der Waals surface area (Å²) in [5.41, 5.74) is 1.36. The van der Waals surface area contributed by atoms with Gasteiger partial charge in [0, 0.05) is 26.0 Å².